The molecule has 2 aromatic carbocycles. The summed E-state index contributed by atoms with van der Waals surface area (Å²) >= 11 is 0. The van der Waals surface area contributed by atoms with E-state index in [1.54, 1.807) is 12.1 Å². The zero-order chi connectivity index (χ0) is 27.6. The summed E-state index contributed by atoms with van der Waals surface area (Å²) < 4.78 is 47.4. The average Bonchev–Trinajstić information content (AvgIpc) is 3.29. The molecule has 0 atom stereocenters. The predicted molar refractivity (Wildman–Crippen MR) is 144 cm³/mol. The minimum atomic E-state index is -4.59. The number of piperazine rings is 1. The molecule has 11 heteroatoms. The number of aryl methyl sites for hydroxylation is 2. The Morgan fingerprint density at radius 1 is 1.10 bits per heavy atom. The fraction of sp³-hybridized carbons (Fsp3) is 0.393. The van der Waals surface area contributed by atoms with Crippen LogP contribution in [0.3, 0.4) is 0 Å². The maximum Gasteiger partial charge on any atom is 0.419 e. The summed E-state index contributed by atoms with van der Waals surface area (Å²) in [5.41, 5.74) is 2.98. The number of rotatable bonds is 8. The van der Waals surface area contributed by atoms with Crippen LogP contribution in [0.2, 0.25) is 0 Å². The van der Waals surface area contributed by atoms with Crippen LogP contribution >= 0.6 is 0 Å². The highest BCUT2D eigenvalue weighted by Crippen LogP contribution is 2.35. The molecule has 39 heavy (non-hydrogen) atoms. The molecule has 3 heterocycles. The third-order valence-electron chi connectivity index (χ3n) is 7.07. The van der Waals surface area contributed by atoms with Crippen LogP contribution in [0.1, 0.15) is 29.3 Å². The van der Waals surface area contributed by atoms with Crippen molar-refractivity contribution >= 4 is 28.9 Å². The lowest BCUT2D eigenvalue weighted by Gasteiger charge is -2.34. The highest BCUT2D eigenvalue weighted by Gasteiger charge is 2.35. The summed E-state index contributed by atoms with van der Waals surface area (Å²) in [6.07, 6.45) is -3.20. The lowest BCUT2D eigenvalue weighted by molar-refractivity contribution is -0.138. The van der Waals surface area contributed by atoms with Crippen LogP contribution in [0.15, 0.2) is 42.6 Å². The molecule has 2 aliphatic heterocycles. The number of carbonyl (C=O) groups is 1. The van der Waals surface area contributed by atoms with Gasteiger partial charge in [0, 0.05) is 49.8 Å². The van der Waals surface area contributed by atoms with Gasteiger partial charge in [0.15, 0.2) is 0 Å². The summed E-state index contributed by atoms with van der Waals surface area (Å²) in [7, 11) is 2.10. The Balaban J connectivity index is 1.39. The maximum absolute atomic E-state index is 13.8. The van der Waals surface area contributed by atoms with E-state index in [0.717, 1.165) is 49.2 Å². The summed E-state index contributed by atoms with van der Waals surface area (Å²) in [6, 6.07) is 11.2. The Bertz CT molecular complexity index is 1360. The minimum absolute atomic E-state index is 0.0390. The molecule has 206 valence electrons. The Morgan fingerprint density at radius 3 is 2.64 bits per heavy atom. The number of likely N-dealkylation sites (N-methyl/N-ethyl adjacent to an activating group) is 1. The van der Waals surface area contributed by atoms with Gasteiger partial charge >= 0.3 is 6.18 Å². The third kappa shape index (κ3) is 6.08. The van der Waals surface area contributed by atoms with Crippen LogP contribution in [0.5, 0.6) is 5.75 Å². The number of anilines is 4. The standard InChI is InChI=1S/C28H31F3N6O2/c1-3-39-25-15-19(37-13-11-36(2)12-14-37)8-10-24(25)35-27-32-17-21(28(29,30)31)23(34-27)9-7-18-5-4-6-22-20(18)16-26(38)33-22/h4-6,8,10,15,17H,3,7,9,11-14,16H2,1-2H3,(H,33,38)(H,32,34,35). The van der Waals surface area contributed by atoms with Crippen LogP contribution in [0.4, 0.5) is 36.2 Å². The van der Waals surface area contributed by atoms with Crippen molar-refractivity contribution in [3.8, 4) is 5.75 Å². The first kappa shape index (κ1) is 26.7. The van der Waals surface area contributed by atoms with E-state index < -0.39 is 11.7 Å². The average molecular weight is 541 g/mol. The van der Waals surface area contributed by atoms with Crippen molar-refractivity contribution in [1.82, 2.24) is 14.9 Å². The van der Waals surface area contributed by atoms with E-state index in [0.29, 0.717) is 30.2 Å². The van der Waals surface area contributed by atoms with Crippen LogP contribution in [-0.4, -0.2) is 60.6 Å². The molecule has 5 rings (SSSR count). The van der Waals surface area contributed by atoms with Gasteiger partial charge in [-0.2, -0.15) is 13.2 Å². The highest BCUT2D eigenvalue weighted by molar-refractivity contribution is 5.99. The fourth-order valence-corrected chi connectivity index (χ4v) is 4.98. The normalized spacial score (nSPS) is 15.7. The Morgan fingerprint density at radius 2 is 1.90 bits per heavy atom. The van der Waals surface area contributed by atoms with E-state index in [-0.39, 0.29) is 30.4 Å². The largest absolute Gasteiger partial charge is 0.492 e. The van der Waals surface area contributed by atoms with Gasteiger partial charge in [-0.05, 0) is 56.1 Å². The molecule has 8 nitrogen and oxygen atoms in total. The van der Waals surface area contributed by atoms with Gasteiger partial charge < -0.3 is 25.2 Å². The first-order valence-corrected chi connectivity index (χ1v) is 13.0. The Labute approximate surface area is 225 Å². The smallest absolute Gasteiger partial charge is 0.419 e. The van der Waals surface area contributed by atoms with Gasteiger partial charge in [-0.3, -0.25) is 4.79 Å². The number of carbonyl (C=O) groups excluding carboxylic acids is 1. The molecule has 3 aromatic rings. The number of hydrogen-bond acceptors (Lipinski definition) is 7. The molecule has 0 aliphatic carbocycles. The monoisotopic (exact) mass is 540 g/mol. The molecule has 1 aromatic heterocycles. The number of alkyl halides is 3. The van der Waals surface area contributed by atoms with Crippen molar-refractivity contribution in [3.63, 3.8) is 0 Å². The molecule has 1 fully saturated rings. The van der Waals surface area contributed by atoms with Gasteiger partial charge in [0.1, 0.15) is 5.75 Å². The molecule has 2 N–H and O–H groups in total. The minimum Gasteiger partial charge on any atom is -0.492 e. The maximum atomic E-state index is 13.8. The predicted octanol–water partition coefficient (Wildman–Crippen LogP) is 4.67. The van der Waals surface area contributed by atoms with Gasteiger partial charge in [-0.25, -0.2) is 9.97 Å². The fourth-order valence-electron chi connectivity index (χ4n) is 4.98. The van der Waals surface area contributed by atoms with E-state index in [2.05, 4.69) is 37.4 Å². The van der Waals surface area contributed by atoms with Crippen LogP contribution in [-0.2, 0) is 30.2 Å². The number of fused-ring (bicyclic) bond motifs is 1. The summed E-state index contributed by atoms with van der Waals surface area (Å²) in [4.78, 5) is 24.6. The number of hydrogen-bond donors (Lipinski definition) is 2. The second kappa shape index (κ2) is 11.1. The molecule has 0 radical (unpaired) electrons. The van der Waals surface area contributed by atoms with Gasteiger partial charge in [-0.15, -0.1) is 0 Å². The summed E-state index contributed by atoms with van der Waals surface area (Å²) in [5.74, 6) is 0.517. The number of benzene rings is 2. The molecule has 0 spiro atoms. The molecule has 0 bridgehead atoms. The molecule has 0 saturated carbocycles. The number of ether oxygens (including phenoxy) is 1. The SMILES string of the molecule is CCOc1cc(N2CCN(C)CC2)ccc1Nc1ncc(C(F)(F)F)c(CCc2cccc3c2CC(=O)N3)n1. The van der Waals surface area contributed by atoms with Crippen LogP contribution < -0.4 is 20.3 Å². The second-order valence-electron chi connectivity index (χ2n) is 9.75. The topological polar surface area (TPSA) is 82.6 Å². The van der Waals surface area contributed by atoms with Crippen molar-refractivity contribution in [1.29, 1.82) is 0 Å². The number of amides is 1. The lowest BCUT2D eigenvalue weighted by atomic mass is 9.98. The number of nitrogens with one attached hydrogen (secondary N) is 2. The van der Waals surface area contributed by atoms with E-state index >= 15 is 0 Å². The van der Waals surface area contributed by atoms with Crippen LogP contribution in [0.25, 0.3) is 0 Å². The number of halogens is 3. The van der Waals surface area contributed by atoms with E-state index in [1.165, 1.54) is 0 Å². The van der Waals surface area contributed by atoms with Crippen molar-refractivity contribution in [2.75, 3.05) is 55.4 Å². The molecule has 0 unspecified atom stereocenters. The molecule has 2 aliphatic rings. The van der Waals surface area contributed by atoms with Crippen molar-refractivity contribution in [2.24, 2.45) is 0 Å². The lowest BCUT2D eigenvalue weighted by Crippen LogP contribution is -2.44. The molecule has 1 saturated heterocycles. The van der Waals surface area contributed by atoms with E-state index in [1.807, 2.05) is 31.2 Å². The summed E-state index contributed by atoms with van der Waals surface area (Å²) in [5, 5.41) is 5.84. The zero-order valence-electron chi connectivity index (χ0n) is 21.9. The highest BCUT2D eigenvalue weighted by atomic mass is 19.4. The van der Waals surface area contributed by atoms with E-state index in [9.17, 15) is 18.0 Å². The van der Waals surface area contributed by atoms with Crippen LogP contribution in [0, 0.1) is 0 Å². The Kier molecular flexibility index (Phi) is 7.60. The molecular weight excluding hydrogens is 509 g/mol. The van der Waals surface area contributed by atoms with Crippen molar-refractivity contribution in [3.05, 3.63) is 65.0 Å². The zero-order valence-corrected chi connectivity index (χ0v) is 21.9. The number of nitrogens with zero attached hydrogens (tertiary/aromatic N) is 4. The molecular formula is C28H31F3N6O2. The van der Waals surface area contributed by atoms with Crippen molar-refractivity contribution < 1.29 is 22.7 Å². The summed E-state index contributed by atoms with van der Waals surface area (Å²) in [6.45, 7) is 6.03. The van der Waals surface area contributed by atoms with Gasteiger partial charge in [0.05, 0.1) is 30.0 Å². The molecule has 1 amide bonds. The first-order chi connectivity index (χ1) is 18.7. The first-order valence-electron chi connectivity index (χ1n) is 13.0. The quantitative estimate of drug-likeness (QED) is 0.430. The van der Waals surface area contributed by atoms with Gasteiger partial charge in [0.25, 0.3) is 0 Å². The van der Waals surface area contributed by atoms with Gasteiger partial charge in [-0.1, -0.05) is 12.1 Å². The second-order valence-corrected chi connectivity index (χ2v) is 9.75. The van der Waals surface area contributed by atoms with E-state index in [4.69, 9.17) is 4.74 Å². The Hall–Kier alpha value is -3.86. The number of aromatic nitrogens is 2. The third-order valence-corrected chi connectivity index (χ3v) is 7.07. The van der Waals surface area contributed by atoms with Gasteiger partial charge in [0.2, 0.25) is 11.9 Å². The van der Waals surface area contributed by atoms with Crippen molar-refractivity contribution in [2.45, 2.75) is 32.4 Å².